The van der Waals surface area contributed by atoms with Crippen molar-refractivity contribution in [3.8, 4) is 0 Å². The monoisotopic (exact) mass is 292 g/mol. The lowest BCUT2D eigenvalue weighted by molar-refractivity contribution is 0.00864. The largest absolute Gasteiger partial charge is 0.374 e. The van der Waals surface area contributed by atoms with Gasteiger partial charge in [-0.15, -0.1) is 0 Å². The van der Waals surface area contributed by atoms with Gasteiger partial charge in [0.1, 0.15) is 0 Å². The minimum absolute atomic E-state index is 0.309. The zero-order chi connectivity index (χ0) is 14.5. The Morgan fingerprint density at radius 1 is 1.38 bits per heavy atom. The van der Waals surface area contributed by atoms with E-state index in [0.717, 1.165) is 32.8 Å². The van der Waals surface area contributed by atoms with E-state index in [1.165, 1.54) is 37.8 Å². The first-order valence-electron chi connectivity index (χ1n) is 8.36. The maximum atomic E-state index is 5.76. The molecule has 5 heteroatoms. The van der Waals surface area contributed by atoms with Gasteiger partial charge in [0.25, 0.3) is 0 Å². The molecule has 1 saturated heterocycles. The van der Waals surface area contributed by atoms with Crippen molar-refractivity contribution in [3.63, 3.8) is 0 Å². The SMILES string of the molecule is CN(Cc1ccn(C2CCCCC2)n1)CC1CNCCO1. The van der Waals surface area contributed by atoms with E-state index in [0.29, 0.717) is 12.1 Å². The second-order valence-corrected chi connectivity index (χ2v) is 6.47. The van der Waals surface area contributed by atoms with Crippen molar-refractivity contribution in [2.24, 2.45) is 0 Å². The molecule has 2 aliphatic rings. The normalized spacial score (nSPS) is 24.6. The highest BCUT2D eigenvalue weighted by molar-refractivity contribution is 5.00. The molecule has 5 nitrogen and oxygen atoms in total. The van der Waals surface area contributed by atoms with Gasteiger partial charge in [0.05, 0.1) is 24.4 Å². The van der Waals surface area contributed by atoms with Crippen LogP contribution in [0.1, 0.15) is 43.8 Å². The van der Waals surface area contributed by atoms with Crippen molar-refractivity contribution in [1.82, 2.24) is 20.0 Å². The smallest absolute Gasteiger partial charge is 0.0826 e. The van der Waals surface area contributed by atoms with E-state index < -0.39 is 0 Å². The number of nitrogens with zero attached hydrogens (tertiary/aromatic N) is 3. The Kier molecular flexibility index (Phi) is 5.27. The molecule has 0 amide bonds. The summed E-state index contributed by atoms with van der Waals surface area (Å²) in [6.07, 6.45) is 9.15. The van der Waals surface area contributed by atoms with Crippen molar-refractivity contribution in [1.29, 1.82) is 0 Å². The van der Waals surface area contributed by atoms with E-state index in [1.54, 1.807) is 0 Å². The number of morpholine rings is 1. The zero-order valence-electron chi connectivity index (χ0n) is 13.1. The minimum Gasteiger partial charge on any atom is -0.374 e. The number of aromatic nitrogens is 2. The molecule has 1 N–H and O–H groups in total. The third kappa shape index (κ3) is 4.28. The van der Waals surface area contributed by atoms with Crippen LogP contribution >= 0.6 is 0 Å². The molecule has 1 saturated carbocycles. The minimum atomic E-state index is 0.309. The van der Waals surface area contributed by atoms with Crippen LogP contribution in [0.5, 0.6) is 0 Å². The van der Waals surface area contributed by atoms with Gasteiger partial charge in [0.2, 0.25) is 0 Å². The van der Waals surface area contributed by atoms with Crippen molar-refractivity contribution < 1.29 is 4.74 Å². The van der Waals surface area contributed by atoms with Crippen LogP contribution in [0, 0.1) is 0 Å². The summed E-state index contributed by atoms with van der Waals surface area (Å²) in [7, 11) is 2.15. The van der Waals surface area contributed by atoms with Crippen LogP contribution in [-0.2, 0) is 11.3 Å². The molecule has 3 rings (SSSR count). The molecule has 0 radical (unpaired) electrons. The Morgan fingerprint density at radius 3 is 3.00 bits per heavy atom. The van der Waals surface area contributed by atoms with Crippen molar-refractivity contribution in [3.05, 3.63) is 18.0 Å². The predicted octanol–water partition coefficient (Wildman–Crippen LogP) is 1.81. The first-order chi connectivity index (χ1) is 10.3. The Morgan fingerprint density at radius 2 is 2.24 bits per heavy atom. The van der Waals surface area contributed by atoms with Crippen LogP contribution in [0.3, 0.4) is 0 Å². The molecule has 0 bridgehead atoms. The highest BCUT2D eigenvalue weighted by Gasteiger charge is 2.18. The lowest BCUT2D eigenvalue weighted by Gasteiger charge is -2.27. The second kappa shape index (κ2) is 7.38. The van der Waals surface area contributed by atoms with Gasteiger partial charge >= 0.3 is 0 Å². The van der Waals surface area contributed by atoms with Gasteiger partial charge in [-0.25, -0.2) is 0 Å². The highest BCUT2D eigenvalue weighted by Crippen LogP contribution is 2.27. The molecule has 1 aliphatic heterocycles. The topological polar surface area (TPSA) is 42.3 Å². The highest BCUT2D eigenvalue weighted by atomic mass is 16.5. The fraction of sp³-hybridized carbons (Fsp3) is 0.812. The Labute approximate surface area is 127 Å². The van der Waals surface area contributed by atoms with Crippen molar-refractivity contribution in [2.75, 3.05) is 33.3 Å². The van der Waals surface area contributed by atoms with Crippen LogP contribution in [-0.4, -0.2) is 54.1 Å². The lowest BCUT2D eigenvalue weighted by atomic mass is 9.96. The standard InChI is InChI=1S/C16H28N4O/c1-19(13-16-11-17-8-10-21-16)12-14-7-9-20(18-14)15-5-3-2-4-6-15/h7,9,15-17H,2-6,8,10-13H2,1H3. The quantitative estimate of drug-likeness (QED) is 0.899. The molecule has 1 unspecified atom stereocenters. The fourth-order valence-electron chi connectivity index (χ4n) is 3.44. The Hall–Kier alpha value is -0.910. The molecule has 1 atom stereocenters. The number of likely N-dealkylation sites (N-methyl/N-ethyl adjacent to an activating group) is 1. The van der Waals surface area contributed by atoms with E-state index in [2.05, 4.69) is 34.2 Å². The number of hydrogen-bond donors (Lipinski definition) is 1. The maximum Gasteiger partial charge on any atom is 0.0826 e. The van der Waals surface area contributed by atoms with Crippen molar-refractivity contribution >= 4 is 0 Å². The first-order valence-corrected chi connectivity index (χ1v) is 8.36. The molecular formula is C16H28N4O. The summed E-state index contributed by atoms with van der Waals surface area (Å²) in [4.78, 5) is 2.31. The third-order valence-electron chi connectivity index (χ3n) is 4.56. The molecule has 0 spiro atoms. The van der Waals surface area contributed by atoms with Crippen LogP contribution in [0.4, 0.5) is 0 Å². The van der Waals surface area contributed by atoms with Gasteiger partial charge < -0.3 is 10.1 Å². The fourth-order valence-corrected chi connectivity index (χ4v) is 3.44. The molecular weight excluding hydrogens is 264 g/mol. The van der Waals surface area contributed by atoms with Crippen LogP contribution < -0.4 is 5.32 Å². The first kappa shape index (κ1) is 15.0. The molecule has 118 valence electrons. The second-order valence-electron chi connectivity index (χ2n) is 6.47. The van der Waals surface area contributed by atoms with Gasteiger partial charge in [-0.1, -0.05) is 19.3 Å². The summed E-state index contributed by atoms with van der Waals surface area (Å²) in [6.45, 7) is 4.63. The van der Waals surface area contributed by atoms with E-state index in [4.69, 9.17) is 9.84 Å². The van der Waals surface area contributed by atoms with Gasteiger partial charge in [-0.05, 0) is 26.0 Å². The molecule has 2 fully saturated rings. The average molecular weight is 292 g/mol. The van der Waals surface area contributed by atoms with Gasteiger partial charge in [-0.2, -0.15) is 5.10 Å². The summed E-state index contributed by atoms with van der Waals surface area (Å²) < 4.78 is 7.95. The number of ether oxygens (including phenoxy) is 1. The summed E-state index contributed by atoms with van der Waals surface area (Å²) in [5.41, 5.74) is 1.17. The number of hydrogen-bond acceptors (Lipinski definition) is 4. The van der Waals surface area contributed by atoms with E-state index in [-0.39, 0.29) is 0 Å². The van der Waals surface area contributed by atoms with Crippen LogP contribution in [0.15, 0.2) is 12.3 Å². The number of rotatable bonds is 5. The predicted molar refractivity (Wildman–Crippen MR) is 83.3 cm³/mol. The van der Waals surface area contributed by atoms with Crippen LogP contribution in [0.25, 0.3) is 0 Å². The Balaban J connectivity index is 1.49. The lowest BCUT2D eigenvalue weighted by Crippen LogP contribution is -2.44. The third-order valence-corrected chi connectivity index (χ3v) is 4.56. The molecule has 2 heterocycles. The summed E-state index contributed by atoms with van der Waals surface area (Å²) >= 11 is 0. The maximum absolute atomic E-state index is 5.76. The van der Waals surface area contributed by atoms with Gasteiger partial charge in [-0.3, -0.25) is 9.58 Å². The number of nitrogens with one attached hydrogen (secondary N) is 1. The average Bonchev–Trinajstić information content (AvgIpc) is 2.97. The van der Waals surface area contributed by atoms with Gasteiger partial charge in [0, 0.05) is 32.4 Å². The molecule has 1 aliphatic carbocycles. The van der Waals surface area contributed by atoms with Crippen LogP contribution in [0.2, 0.25) is 0 Å². The Bertz CT molecular complexity index is 422. The molecule has 1 aromatic heterocycles. The van der Waals surface area contributed by atoms with Gasteiger partial charge in [0.15, 0.2) is 0 Å². The summed E-state index contributed by atoms with van der Waals surface area (Å²) in [5, 5.41) is 8.17. The zero-order valence-corrected chi connectivity index (χ0v) is 13.1. The summed E-state index contributed by atoms with van der Waals surface area (Å²) in [5.74, 6) is 0. The van der Waals surface area contributed by atoms with E-state index >= 15 is 0 Å². The van der Waals surface area contributed by atoms with Crippen molar-refractivity contribution in [2.45, 2.75) is 50.8 Å². The van der Waals surface area contributed by atoms with E-state index in [9.17, 15) is 0 Å². The van der Waals surface area contributed by atoms with E-state index in [1.807, 2.05) is 0 Å². The molecule has 0 aromatic carbocycles. The molecule has 1 aromatic rings. The summed E-state index contributed by atoms with van der Waals surface area (Å²) in [6, 6.07) is 2.80. The molecule has 21 heavy (non-hydrogen) atoms.